The van der Waals surface area contributed by atoms with Crippen LogP contribution in [0.4, 0.5) is 10.1 Å². The summed E-state index contributed by atoms with van der Waals surface area (Å²) in [5.41, 5.74) is 7.51. The number of nitrogens with one attached hydrogen (secondary N) is 2. The maximum atomic E-state index is 13.9. The smallest absolute Gasteiger partial charge is 0.191 e. The van der Waals surface area contributed by atoms with Crippen molar-refractivity contribution in [3.63, 3.8) is 0 Å². The number of hydrogen-bond acceptors (Lipinski definition) is 2. The molecule has 27 heavy (non-hydrogen) atoms. The van der Waals surface area contributed by atoms with E-state index in [1.807, 2.05) is 61.0 Å². The zero-order chi connectivity index (χ0) is 19.2. The third-order valence-electron chi connectivity index (χ3n) is 4.25. The van der Waals surface area contributed by atoms with E-state index in [-0.39, 0.29) is 5.82 Å². The van der Waals surface area contributed by atoms with Crippen LogP contribution < -0.4 is 10.7 Å². The van der Waals surface area contributed by atoms with Gasteiger partial charge >= 0.3 is 0 Å². The Morgan fingerprint density at radius 1 is 1.07 bits per heavy atom. The van der Waals surface area contributed by atoms with Crippen LogP contribution in [0, 0.1) is 19.7 Å². The molecular weight excluding hydrogens is 359 g/mol. The maximum Gasteiger partial charge on any atom is 0.191 e. The molecule has 3 rings (SSSR count). The molecule has 0 atom stereocenters. The molecule has 138 valence electrons. The first-order chi connectivity index (χ1) is 13.0. The fourth-order valence-electron chi connectivity index (χ4n) is 2.81. The minimum absolute atomic E-state index is 0.216. The molecule has 1 heterocycles. The molecule has 0 bridgehead atoms. The second-order valence-corrected chi connectivity index (χ2v) is 6.65. The maximum absolute atomic E-state index is 13.9. The quantitative estimate of drug-likeness (QED) is 0.386. The molecule has 1 aromatic heterocycles. The van der Waals surface area contributed by atoms with Crippen LogP contribution in [0.2, 0.25) is 0 Å². The van der Waals surface area contributed by atoms with Gasteiger partial charge in [-0.3, -0.25) is 5.43 Å². The average molecular weight is 380 g/mol. The van der Waals surface area contributed by atoms with Gasteiger partial charge in [0.1, 0.15) is 5.82 Å². The lowest BCUT2D eigenvalue weighted by Gasteiger charge is -2.12. The van der Waals surface area contributed by atoms with Gasteiger partial charge in [0, 0.05) is 17.4 Å². The molecule has 0 aliphatic heterocycles. The Hall–Kier alpha value is -2.99. The lowest BCUT2D eigenvalue weighted by molar-refractivity contribution is 0.599. The van der Waals surface area contributed by atoms with Crippen molar-refractivity contribution in [3.8, 4) is 0 Å². The Morgan fingerprint density at radius 3 is 2.56 bits per heavy atom. The van der Waals surface area contributed by atoms with Crippen molar-refractivity contribution in [2.45, 2.75) is 20.4 Å². The summed E-state index contributed by atoms with van der Waals surface area (Å²) in [6.07, 6.45) is 3.56. The van der Waals surface area contributed by atoms with Crippen LogP contribution in [0.15, 0.2) is 65.9 Å². The summed E-state index contributed by atoms with van der Waals surface area (Å²) in [4.78, 5) is 0. The fraction of sp³-hybridized carbons (Fsp3) is 0.143. The van der Waals surface area contributed by atoms with E-state index in [0.29, 0.717) is 17.2 Å². The van der Waals surface area contributed by atoms with E-state index in [9.17, 15) is 4.39 Å². The van der Waals surface area contributed by atoms with E-state index in [4.69, 9.17) is 12.2 Å². The Morgan fingerprint density at radius 2 is 1.81 bits per heavy atom. The first-order valence-electron chi connectivity index (χ1n) is 8.59. The van der Waals surface area contributed by atoms with Gasteiger partial charge in [0.25, 0.3) is 0 Å². The molecule has 2 N–H and O–H groups in total. The van der Waals surface area contributed by atoms with Crippen molar-refractivity contribution in [3.05, 3.63) is 89.0 Å². The first kappa shape index (κ1) is 18.8. The Labute approximate surface area is 163 Å². The zero-order valence-corrected chi connectivity index (χ0v) is 16.1. The second kappa shape index (κ2) is 8.60. The number of anilines is 1. The number of para-hydroxylation sites is 1. The summed E-state index contributed by atoms with van der Waals surface area (Å²) < 4.78 is 15.8. The van der Waals surface area contributed by atoms with Crippen LogP contribution in [0.25, 0.3) is 0 Å². The lowest BCUT2D eigenvalue weighted by Crippen LogP contribution is -2.24. The molecule has 2 aromatic carbocycles. The summed E-state index contributed by atoms with van der Waals surface area (Å²) in [5.74, 6) is -0.216. The number of rotatable bonds is 5. The van der Waals surface area contributed by atoms with Gasteiger partial charge in [-0.25, -0.2) is 4.39 Å². The second-order valence-electron chi connectivity index (χ2n) is 6.24. The number of hydrogen-bond donors (Lipinski definition) is 2. The highest BCUT2D eigenvalue weighted by Gasteiger charge is 2.05. The predicted molar refractivity (Wildman–Crippen MR) is 113 cm³/mol. The summed E-state index contributed by atoms with van der Waals surface area (Å²) in [6, 6.07) is 16.6. The van der Waals surface area contributed by atoms with Gasteiger partial charge < -0.3 is 9.88 Å². The summed E-state index contributed by atoms with van der Waals surface area (Å²) in [5, 5.41) is 7.78. The number of benzene rings is 2. The highest BCUT2D eigenvalue weighted by molar-refractivity contribution is 7.80. The SMILES string of the molecule is Cc1cccc(C)c1NC(=S)NN=Cc1cccn1Cc1ccccc1F. The van der Waals surface area contributed by atoms with Crippen molar-refractivity contribution >= 4 is 29.2 Å². The lowest BCUT2D eigenvalue weighted by atomic mass is 10.1. The minimum atomic E-state index is -0.216. The van der Waals surface area contributed by atoms with Gasteiger partial charge in [0.15, 0.2) is 5.11 Å². The topological polar surface area (TPSA) is 41.4 Å². The minimum Gasteiger partial charge on any atom is -0.342 e. The van der Waals surface area contributed by atoms with E-state index in [2.05, 4.69) is 15.8 Å². The zero-order valence-electron chi connectivity index (χ0n) is 15.2. The van der Waals surface area contributed by atoms with Gasteiger partial charge in [0.05, 0.1) is 18.5 Å². The van der Waals surface area contributed by atoms with Crippen molar-refractivity contribution in [2.24, 2.45) is 5.10 Å². The van der Waals surface area contributed by atoms with Crippen molar-refractivity contribution in [2.75, 3.05) is 5.32 Å². The molecule has 0 amide bonds. The molecule has 6 heteroatoms. The largest absolute Gasteiger partial charge is 0.342 e. The van der Waals surface area contributed by atoms with Crippen LogP contribution in [0.1, 0.15) is 22.4 Å². The Kier molecular flexibility index (Phi) is 5.98. The summed E-state index contributed by atoms with van der Waals surface area (Å²) >= 11 is 5.31. The molecule has 0 fully saturated rings. The summed E-state index contributed by atoms with van der Waals surface area (Å²) in [7, 11) is 0. The normalized spacial score (nSPS) is 10.9. The van der Waals surface area contributed by atoms with E-state index in [1.165, 1.54) is 6.07 Å². The third kappa shape index (κ3) is 4.80. The average Bonchev–Trinajstić information content (AvgIpc) is 3.07. The van der Waals surface area contributed by atoms with Gasteiger partial charge in [-0.05, 0) is 55.4 Å². The molecule has 0 radical (unpaired) electrons. The van der Waals surface area contributed by atoms with E-state index in [1.54, 1.807) is 18.3 Å². The fourth-order valence-corrected chi connectivity index (χ4v) is 2.96. The molecular formula is C21H21FN4S. The van der Waals surface area contributed by atoms with Crippen LogP contribution in [0.3, 0.4) is 0 Å². The third-order valence-corrected chi connectivity index (χ3v) is 4.44. The van der Waals surface area contributed by atoms with Crippen LogP contribution in [-0.4, -0.2) is 15.9 Å². The molecule has 0 aliphatic rings. The van der Waals surface area contributed by atoms with Crippen LogP contribution in [0.5, 0.6) is 0 Å². The number of hydrazone groups is 1. The molecule has 0 saturated carbocycles. The standard InChI is InChI=1S/C21H21FN4S/c1-15-7-5-8-16(2)20(15)24-21(27)25-23-13-18-10-6-12-26(18)14-17-9-3-4-11-19(17)22/h3-13H,14H2,1-2H3,(H2,24,25,27). The van der Waals surface area contributed by atoms with Gasteiger partial charge in [-0.1, -0.05) is 36.4 Å². The highest BCUT2D eigenvalue weighted by Crippen LogP contribution is 2.19. The van der Waals surface area contributed by atoms with Gasteiger partial charge in [0.2, 0.25) is 0 Å². The Bertz CT molecular complexity index is 958. The molecule has 0 saturated heterocycles. The summed E-state index contributed by atoms with van der Waals surface area (Å²) in [6.45, 7) is 4.49. The number of nitrogens with zero attached hydrogens (tertiary/aromatic N) is 2. The Balaban J connectivity index is 1.63. The molecule has 3 aromatic rings. The first-order valence-corrected chi connectivity index (χ1v) is 9.00. The highest BCUT2D eigenvalue weighted by atomic mass is 32.1. The van der Waals surface area contributed by atoms with Crippen molar-refractivity contribution in [1.29, 1.82) is 0 Å². The molecule has 4 nitrogen and oxygen atoms in total. The van der Waals surface area contributed by atoms with E-state index >= 15 is 0 Å². The van der Waals surface area contributed by atoms with E-state index < -0.39 is 0 Å². The number of aromatic nitrogens is 1. The monoisotopic (exact) mass is 380 g/mol. The van der Waals surface area contributed by atoms with Crippen LogP contribution in [-0.2, 0) is 6.54 Å². The van der Waals surface area contributed by atoms with E-state index in [0.717, 1.165) is 22.5 Å². The van der Waals surface area contributed by atoms with Gasteiger partial charge in [-0.2, -0.15) is 5.10 Å². The number of halogens is 1. The number of aryl methyl sites for hydroxylation is 2. The molecule has 0 aliphatic carbocycles. The number of thiocarbonyl (C=S) groups is 1. The molecule has 0 spiro atoms. The van der Waals surface area contributed by atoms with Gasteiger partial charge in [-0.15, -0.1) is 0 Å². The van der Waals surface area contributed by atoms with Crippen molar-refractivity contribution < 1.29 is 4.39 Å². The predicted octanol–water partition coefficient (Wildman–Crippen LogP) is 4.61. The molecule has 0 unspecified atom stereocenters. The van der Waals surface area contributed by atoms with Crippen molar-refractivity contribution in [1.82, 2.24) is 9.99 Å². The van der Waals surface area contributed by atoms with Crippen LogP contribution >= 0.6 is 12.2 Å².